The minimum absolute atomic E-state index is 0.0941. The minimum Gasteiger partial charge on any atom is -0.310 e. The molecule has 1 aromatic heterocycles. The van der Waals surface area contributed by atoms with Crippen molar-refractivity contribution in [3.8, 4) is 55.6 Å². The molecule has 0 amide bonds. The van der Waals surface area contributed by atoms with Crippen molar-refractivity contribution in [1.82, 2.24) is 0 Å². The van der Waals surface area contributed by atoms with Crippen LogP contribution >= 0.6 is 11.3 Å². The molecule has 2 aliphatic rings. The second-order valence-corrected chi connectivity index (χ2v) is 19.1. The fraction of sp³-hybridized carbons (Fsp3) is 0.100. The Bertz CT molecular complexity index is 3420. The summed E-state index contributed by atoms with van der Waals surface area (Å²) in [4.78, 5) is 2.47. The van der Waals surface area contributed by atoms with Crippen molar-refractivity contribution in [2.24, 2.45) is 0 Å². The van der Waals surface area contributed by atoms with E-state index in [9.17, 15) is 0 Å². The quantitative estimate of drug-likeness (QED) is 0.162. The monoisotopic (exact) mass is 811 g/mol. The zero-order valence-corrected chi connectivity index (χ0v) is 36.2. The van der Waals surface area contributed by atoms with Gasteiger partial charge in [-0.1, -0.05) is 179 Å². The third-order valence-electron chi connectivity index (χ3n) is 13.9. The largest absolute Gasteiger partial charge is 0.310 e. The Morgan fingerprint density at radius 3 is 1.77 bits per heavy atom. The van der Waals surface area contributed by atoms with Crippen LogP contribution in [-0.4, -0.2) is 0 Å². The summed E-state index contributed by atoms with van der Waals surface area (Å²) in [6.07, 6.45) is 0. The molecule has 0 fully saturated rings. The summed E-state index contributed by atoms with van der Waals surface area (Å²) < 4.78 is 2.64. The highest BCUT2D eigenvalue weighted by atomic mass is 32.1. The van der Waals surface area contributed by atoms with Gasteiger partial charge in [-0.2, -0.15) is 0 Å². The van der Waals surface area contributed by atoms with E-state index >= 15 is 0 Å². The van der Waals surface area contributed by atoms with E-state index in [4.69, 9.17) is 0 Å². The molecule has 2 heteroatoms. The van der Waals surface area contributed by atoms with Crippen LogP contribution in [0.4, 0.5) is 17.1 Å². The smallest absolute Gasteiger partial charge is 0.0540 e. The van der Waals surface area contributed by atoms with Crippen molar-refractivity contribution < 1.29 is 0 Å². The number of hydrogen-bond acceptors (Lipinski definition) is 2. The lowest BCUT2D eigenvalue weighted by molar-refractivity contribution is 0.660. The molecule has 0 aliphatic heterocycles. The SMILES string of the molecule is CC1(C)c2ccccc2-c2c(-c3ccccc3N(c3ccc(-c4cccc5c4C(C)(C)c4ccccc4-5)cc3)c3cccc(-c4ccc5sc6ccccc6c5c4)c3)cccc21. The van der Waals surface area contributed by atoms with Gasteiger partial charge in [-0.3, -0.25) is 0 Å². The fourth-order valence-electron chi connectivity index (χ4n) is 10.9. The van der Waals surface area contributed by atoms with E-state index in [0.29, 0.717) is 0 Å². The molecule has 0 unspecified atom stereocenters. The maximum atomic E-state index is 2.47. The Morgan fingerprint density at radius 1 is 0.355 bits per heavy atom. The van der Waals surface area contributed by atoms with Crippen molar-refractivity contribution >= 4 is 48.6 Å². The molecular formula is C60H45NS. The van der Waals surface area contributed by atoms with E-state index in [2.05, 4.69) is 233 Å². The molecule has 12 rings (SSSR count). The van der Waals surface area contributed by atoms with E-state index in [1.165, 1.54) is 98.1 Å². The van der Waals surface area contributed by atoms with Crippen LogP contribution in [0.5, 0.6) is 0 Å². The summed E-state index contributed by atoms with van der Waals surface area (Å²) in [6.45, 7) is 9.48. The number of anilines is 3. The molecule has 0 N–H and O–H groups in total. The summed E-state index contributed by atoms with van der Waals surface area (Å²) in [5, 5.41) is 2.63. The number of rotatable bonds is 6. The Hall–Kier alpha value is -7.00. The van der Waals surface area contributed by atoms with Crippen molar-refractivity contribution in [2.75, 3.05) is 4.90 Å². The molecule has 1 heterocycles. The average Bonchev–Trinajstić information content (AvgIpc) is 3.89. The van der Waals surface area contributed by atoms with E-state index in [0.717, 1.165) is 17.1 Å². The molecule has 10 aromatic rings. The lowest BCUT2D eigenvalue weighted by Crippen LogP contribution is -2.16. The topological polar surface area (TPSA) is 3.24 Å². The maximum Gasteiger partial charge on any atom is 0.0540 e. The van der Waals surface area contributed by atoms with Gasteiger partial charge in [-0.25, -0.2) is 0 Å². The van der Waals surface area contributed by atoms with Crippen LogP contribution < -0.4 is 4.90 Å². The van der Waals surface area contributed by atoms with Gasteiger partial charge in [0.15, 0.2) is 0 Å². The number of hydrogen-bond donors (Lipinski definition) is 0. The van der Waals surface area contributed by atoms with Crippen LogP contribution in [0.1, 0.15) is 49.9 Å². The van der Waals surface area contributed by atoms with Crippen LogP contribution in [0.2, 0.25) is 0 Å². The zero-order chi connectivity index (χ0) is 41.7. The van der Waals surface area contributed by atoms with E-state index in [1.54, 1.807) is 0 Å². The Morgan fingerprint density at radius 2 is 0.935 bits per heavy atom. The van der Waals surface area contributed by atoms with Crippen LogP contribution in [0.15, 0.2) is 200 Å². The normalized spacial score (nSPS) is 14.1. The third-order valence-corrected chi connectivity index (χ3v) is 15.0. The predicted molar refractivity (Wildman–Crippen MR) is 265 cm³/mol. The van der Waals surface area contributed by atoms with Gasteiger partial charge in [0.05, 0.1) is 5.69 Å². The van der Waals surface area contributed by atoms with E-state index in [-0.39, 0.29) is 10.8 Å². The molecule has 0 saturated heterocycles. The van der Waals surface area contributed by atoms with Crippen LogP contribution in [0.3, 0.4) is 0 Å². The Labute approximate surface area is 368 Å². The second-order valence-electron chi connectivity index (χ2n) is 18.1. The molecule has 0 bridgehead atoms. The molecule has 0 spiro atoms. The highest BCUT2D eigenvalue weighted by Crippen LogP contribution is 2.55. The third kappa shape index (κ3) is 5.46. The Kier molecular flexibility index (Phi) is 8.17. The number of para-hydroxylation sites is 1. The summed E-state index contributed by atoms with van der Waals surface area (Å²) in [5.74, 6) is 0. The van der Waals surface area contributed by atoms with Crippen LogP contribution in [-0.2, 0) is 10.8 Å². The van der Waals surface area contributed by atoms with Gasteiger partial charge in [-0.15, -0.1) is 11.3 Å². The van der Waals surface area contributed by atoms with Crippen molar-refractivity contribution in [3.05, 3.63) is 222 Å². The standard InChI is InChI=1S/C60H45NS/c1-59(2)52-26-10-6-21-49(52)57-47(23-15-27-53(57)59)45-19-7-11-28-54(45)61(42-17-13-16-39(36-42)40-32-35-56-50(37-40)46-20-8-12-29-55(46)62-56)41-33-30-38(31-34-41)43-22-14-24-48-44-18-5-9-25-51(44)60(3,4)58(43)48/h5-37H,1-4H3. The first-order valence-electron chi connectivity index (χ1n) is 21.8. The summed E-state index contributed by atoms with van der Waals surface area (Å²) in [7, 11) is 0. The maximum absolute atomic E-state index is 2.47. The number of thiophene rings is 1. The van der Waals surface area contributed by atoms with Gasteiger partial charge in [0.2, 0.25) is 0 Å². The van der Waals surface area contributed by atoms with Gasteiger partial charge in [-0.05, 0) is 121 Å². The molecular weight excluding hydrogens is 767 g/mol. The summed E-state index contributed by atoms with van der Waals surface area (Å²) >= 11 is 1.87. The zero-order valence-electron chi connectivity index (χ0n) is 35.4. The first-order valence-corrected chi connectivity index (χ1v) is 22.6. The minimum atomic E-state index is -0.103. The molecule has 0 atom stereocenters. The molecule has 2 aliphatic carbocycles. The number of nitrogens with zero attached hydrogens (tertiary/aromatic N) is 1. The highest BCUT2D eigenvalue weighted by Gasteiger charge is 2.38. The first kappa shape index (κ1) is 36.8. The van der Waals surface area contributed by atoms with Gasteiger partial charge >= 0.3 is 0 Å². The molecule has 0 saturated carbocycles. The van der Waals surface area contributed by atoms with Crippen LogP contribution in [0.25, 0.3) is 75.8 Å². The van der Waals surface area contributed by atoms with Crippen molar-refractivity contribution in [1.29, 1.82) is 0 Å². The van der Waals surface area contributed by atoms with Gasteiger partial charge in [0.1, 0.15) is 0 Å². The lowest BCUT2D eigenvalue weighted by atomic mass is 9.79. The molecule has 62 heavy (non-hydrogen) atoms. The first-order chi connectivity index (χ1) is 30.3. The van der Waals surface area contributed by atoms with E-state index in [1.807, 2.05) is 11.3 Å². The predicted octanol–water partition coefficient (Wildman–Crippen LogP) is 17.1. The van der Waals surface area contributed by atoms with Crippen molar-refractivity contribution in [3.63, 3.8) is 0 Å². The molecule has 0 radical (unpaired) electrons. The molecule has 1 nitrogen and oxygen atoms in total. The lowest BCUT2D eigenvalue weighted by Gasteiger charge is -2.29. The van der Waals surface area contributed by atoms with Crippen LogP contribution in [0, 0.1) is 0 Å². The van der Waals surface area contributed by atoms with E-state index < -0.39 is 0 Å². The molecule has 296 valence electrons. The second kappa shape index (κ2) is 13.8. The highest BCUT2D eigenvalue weighted by molar-refractivity contribution is 7.25. The average molecular weight is 812 g/mol. The van der Waals surface area contributed by atoms with Gasteiger partial charge < -0.3 is 4.90 Å². The molecule has 9 aromatic carbocycles. The summed E-state index contributed by atoms with van der Waals surface area (Å²) in [5.41, 5.74) is 21.5. The Balaban J connectivity index is 1.04. The summed E-state index contributed by atoms with van der Waals surface area (Å²) in [6, 6.07) is 74.8. The van der Waals surface area contributed by atoms with Gasteiger partial charge in [0, 0.05) is 47.9 Å². The number of fused-ring (bicyclic) bond motifs is 9. The fourth-order valence-corrected chi connectivity index (χ4v) is 12.0. The van der Waals surface area contributed by atoms with Gasteiger partial charge in [0.25, 0.3) is 0 Å². The van der Waals surface area contributed by atoms with Crippen molar-refractivity contribution in [2.45, 2.75) is 38.5 Å². The number of benzene rings is 9.